The van der Waals surface area contributed by atoms with E-state index >= 15 is 0 Å². The molecule has 0 spiro atoms. The van der Waals surface area contributed by atoms with Crippen molar-refractivity contribution in [3.05, 3.63) is 22.8 Å². The molecule has 0 aromatic carbocycles. The van der Waals surface area contributed by atoms with Crippen molar-refractivity contribution in [2.45, 2.75) is 53.3 Å². The molecule has 2 rings (SSSR count). The van der Waals surface area contributed by atoms with Crippen molar-refractivity contribution in [1.82, 2.24) is 0 Å². The van der Waals surface area contributed by atoms with Crippen LogP contribution < -0.4 is 0 Å². The fourth-order valence-corrected chi connectivity index (χ4v) is 3.78. The summed E-state index contributed by atoms with van der Waals surface area (Å²) >= 11 is 0. The second kappa shape index (κ2) is 5.17. The average molecular weight is 302 g/mol. The average Bonchev–Trinajstić information content (AvgIpc) is 2.57. The molecule has 1 N–H and O–H groups in total. The predicted octanol–water partition coefficient (Wildman–Crippen LogP) is 4.26. The van der Waals surface area contributed by atoms with Crippen molar-refractivity contribution in [3.63, 3.8) is 0 Å². The van der Waals surface area contributed by atoms with Gasteiger partial charge in [-0.2, -0.15) is 0 Å². The zero-order valence-electron chi connectivity index (χ0n) is 14.0. The lowest BCUT2D eigenvalue weighted by molar-refractivity contribution is -0.133. The van der Waals surface area contributed by atoms with Crippen molar-refractivity contribution < 1.29 is 9.90 Å². The molecule has 114 valence electrons. The Hall–Kier alpha value is -1.27. The third-order valence-corrected chi connectivity index (χ3v) is 5.01. The zero-order valence-corrected chi connectivity index (χ0v) is 15.0. The van der Waals surface area contributed by atoms with Gasteiger partial charge in [-0.3, -0.25) is 0 Å². The molecule has 2 aliphatic carbocycles. The van der Waals surface area contributed by atoms with Gasteiger partial charge in [-0.15, -0.1) is 5.54 Å². The minimum Gasteiger partial charge on any atom is -0.478 e. The lowest BCUT2D eigenvalue weighted by Gasteiger charge is -2.38. The van der Waals surface area contributed by atoms with Gasteiger partial charge in [0.05, 0.1) is 0 Å². The van der Waals surface area contributed by atoms with E-state index < -0.39 is 14.0 Å². The third kappa shape index (κ3) is 3.49. The molecule has 0 amide bonds. The molecule has 0 heterocycles. The van der Waals surface area contributed by atoms with E-state index in [0.29, 0.717) is 17.4 Å². The number of hydrogen-bond acceptors (Lipinski definition) is 1. The van der Waals surface area contributed by atoms with Crippen LogP contribution >= 0.6 is 0 Å². The Balaban J connectivity index is 2.29. The van der Waals surface area contributed by atoms with Crippen LogP contribution in [0.4, 0.5) is 0 Å². The summed E-state index contributed by atoms with van der Waals surface area (Å²) < 4.78 is 0. The van der Waals surface area contributed by atoms with Gasteiger partial charge in [-0.1, -0.05) is 58.0 Å². The fraction of sp³-hybridized carbons (Fsp3) is 0.611. The van der Waals surface area contributed by atoms with E-state index in [1.807, 2.05) is 20.8 Å². The molecule has 0 aromatic heterocycles. The van der Waals surface area contributed by atoms with Crippen LogP contribution in [-0.2, 0) is 4.79 Å². The van der Waals surface area contributed by atoms with Crippen molar-refractivity contribution >= 4 is 14.0 Å². The van der Waals surface area contributed by atoms with Gasteiger partial charge in [0.1, 0.15) is 8.07 Å². The van der Waals surface area contributed by atoms with Crippen LogP contribution in [0, 0.1) is 28.7 Å². The fourth-order valence-electron chi connectivity index (χ4n) is 3.24. The lowest BCUT2D eigenvalue weighted by Crippen LogP contribution is -2.31. The normalized spacial score (nSPS) is 27.0. The Labute approximate surface area is 129 Å². The summed E-state index contributed by atoms with van der Waals surface area (Å²) in [6.45, 7) is 12.7. The predicted molar refractivity (Wildman–Crippen MR) is 89.5 cm³/mol. The van der Waals surface area contributed by atoms with Crippen molar-refractivity contribution in [3.8, 4) is 11.5 Å². The molecule has 3 heteroatoms. The van der Waals surface area contributed by atoms with E-state index in [1.165, 1.54) is 5.57 Å². The first-order valence-electron chi connectivity index (χ1n) is 7.70. The van der Waals surface area contributed by atoms with Crippen LogP contribution in [-0.4, -0.2) is 19.1 Å². The molecule has 0 unspecified atom stereocenters. The topological polar surface area (TPSA) is 37.3 Å². The van der Waals surface area contributed by atoms with Crippen molar-refractivity contribution in [1.29, 1.82) is 0 Å². The molecule has 2 nitrogen and oxygen atoms in total. The maximum absolute atomic E-state index is 11.6. The number of carboxylic acids is 1. The quantitative estimate of drug-likeness (QED) is 0.446. The highest BCUT2D eigenvalue weighted by atomic mass is 28.3. The van der Waals surface area contributed by atoms with Gasteiger partial charge in [0.25, 0.3) is 0 Å². The summed E-state index contributed by atoms with van der Waals surface area (Å²) in [6.07, 6.45) is 4.19. The monoisotopic (exact) mass is 302 g/mol. The first-order chi connectivity index (χ1) is 9.49. The second-order valence-electron chi connectivity index (χ2n) is 8.34. The van der Waals surface area contributed by atoms with E-state index in [1.54, 1.807) is 0 Å². The Morgan fingerprint density at radius 3 is 2.38 bits per heavy atom. The van der Waals surface area contributed by atoms with Crippen LogP contribution in [0.1, 0.15) is 33.6 Å². The number of carboxylic acid groups (broad SMARTS) is 1. The maximum Gasteiger partial charge on any atom is 0.332 e. The molecule has 1 fully saturated rings. The molecule has 0 aromatic rings. The molecule has 0 bridgehead atoms. The summed E-state index contributed by atoms with van der Waals surface area (Å²) in [5.74, 6) is 3.50. The van der Waals surface area contributed by atoms with E-state index in [-0.39, 0.29) is 5.41 Å². The van der Waals surface area contributed by atoms with Gasteiger partial charge >= 0.3 is 5.97 Å². The number of allylic oxidation sites excluding steroid dienone is 3. The van der Waals surface area contributed by atoms with Gasteiger partial charge in [-0.25, -0.2) is 4.79 Å². The summed E-state index contributed by atoms with van der Waals surface area (Å²) in [7, 11) is -1.34. The molecule has 0 saturated heterocycles. The lowest BCUT2D eigenvalue weighted by atomic mass is 9.65. The Bertz CT molecular complexity index is 585. The number of rotatable bonds is 1. The number of hydrogen-bond donors (Lipinski definition) is 1. The van der Waals surface area contributed by atoms with Gasteiger partial charge in [0, 0.05) is 11.5 Å². The van der Waals surface area contributed by atoms with Crippen LogP contribution in [0.15, 0.2) is 22.8 Å². The van der Waals surface area contributed by atoms with Gasteiger partial charge in [-0.05, 0) is 29.7 Å². The largest absolute Gasteiger partial charge is 0.478 e. The molecule has 0 radical (unpaired) electrons. The molecular weight excluding hydrogens is 276 g/mol. The Kier molecular flexibility index (Phi) is 3.97. The summed E-state index contributed by atoms with van der Waals surface area (Å²) in [5.41, 5.74) is 6.08. The minimum atomic E-state index is -1.34. The van der Waals surface area contributed by atoms with E-state index in [9.17, 15) is 9.90 Å². The molecule has 2 aliphatic rings. The second-order valence-corrected chi connectivity index (χ2v) is 13.1. The smallest absolute Gasteiger partial charge is 0.332 e. The minimum absolute atomic E-state index is 0.299. The summed E-state index contributed by atoms with van der Waals surface area (Å²) in [4.78, 5) is 11.6. The van der Waals surface area contributed by atoms with Gasteiger partial charge < -0.3 is 5.11 Å². The zero-order chi connectivity index (χ0) is 16.0. The van der Waals surface area contributed by atoms with Crippen LogP contribution in [0.3, 0.4) is 0 Å². The highest BCUT2D eigenvalue weighted by Gasteiger charge is 2.43. The van der Waals surface area contributed by atoms with E-state index in [0.717, 1.165) is 18.4 Å². The number of fused-ring (bicyclic) bond motifs is 1. The van der Waals surface area contributed by atoms with Gasteiger partial charge in [0.15, 0.2) is 0 Å². The van der Waals surface area contributed by atoms with Crippen molar-refractivity contribution in [2.24, 2.45) is 17.3 Å². The van der Waals surface area contributed by atoms with Crippen LogP contribution in [0.25, 0.3) is 0 Å². The number of carbonyl (C=O) groups is 1. The highest BCUT2D eigenvalue weighted by Crippen LogP contribution is 2.52. The SMILES string of the molecule is CC(C)(C)C(C(=O)O)=C1C[C@H]2CC(C#C[Si](C)(C)C)=C[C@@H]12. The first-order valence-corrected chi connectivity index (χ1v) is 11.2. The third-order valence-electron chi connectivity index (χ3n) is 4.14. The molecule has 21 heavy (non-hydrogen) atoms. The van der Waals surface area contributed by atoms with Crippen LogP contribution in [0.5, 0.6) is 0 Å². The molecule has 1 saturated carbocycles. The molecule has 0 aliphatic heterocycles. The molecule has 2 atom stereocenters. The van der Waals surface area contributed by atoms with Gasteiger partial charge in [0.2, 0.25) is 0 Å². The Morgan fingerprint density at radius 2 is 1.90 bits per heavy atom. The van der Waals surface area contributed by atoms with E-state index in [2.05, 4.69) is 37.2 Å². The number of aliphatic carboxylic acids is 1. The standard InChI is InChI=1S/C18H26O2Si/c1-18(2,3)16(17(19)20)15-11-13-9-12(10-14(13)15)7-8-21(4,5)6/h10,13-14H,9,11H2,1-6H3,(H,19,20)/t13-,14-/m1/s1. The van der Waals surface area contributed by atoms with E-state index in [4.69, 9.17) is 0 Å². The Morgan fingerprint density at radius 1 is 1.29 bits per heavy atom. The van der Waals surface area contributed by atoms with Crippen molar-refractivity contribution in [2.75, 3.05) is 0 Å². The summed E-state index contributed by atoms with van der Waals surface area (Å²) in [6, 6.07) is 0. The highest BCUT2D eigenvalue weighted by molar-refractivity contribution is 6.83. The molecular formula is C18H26O2Si. The maximum atomic E-state index is 11.6. The van der Waals surface area contributed by atoms with Crippen LogP contribution in [0.2, 0.25) is 19.6 Å². The summed E-state index contributed by atoms with van der Waals surface area (Å²) in [5, 5.41) is 9.54. The first kappa shape index (κ1) is 16.1.